The van der Waals surface area contributed by atoms with E-state index < -0.39 is 0 Å². The lowest BCUT2D eigenvalue weighted by atomic mass is 10.1. The van der Waals surface area contributed by atoms with E-state index in [1.54, 1.807) is 0 Å². The summed E-state index contributed by atoms with van der Waals surface area (Å²) in [7, 11) is 0. The fourth-order valence-corrected chi connectivity index (χ4v) is 2.55. The molecule has 0 amide bonds. The van der Waals surface area contributed by atoms with E-state index in [1.165, 1.54) is 0 Å². The largest absolute Gasteiger partial charge is 0.314 e. The summed E-state index contributed by atoms with van der Waals surface area (Å²) in [5, 5.41) is 3.38. The average Bonchev–Trinajstić information content (AvgIpc) is 2.90. The van der Waals surface area contributed by atoms with E-state index in [9.17, 15) is 0 Å². The van der Waals surface area contributed by atoms with Crippen LogP contribution in [-0.4, -0.2) is 42.2 Å². The van der Waals surface area contributed by atoms with Gasteiger partial charge in [-0.15, -0.1) is 0 Å². The third-order valence-corrected chi connectivity index (χ3v) is 3.52. The number of hydrazine groups is 1. The van der Waals surface area contributed by atoms with Crippen molar-refractivity contribution in [2.24, 2.45) is 0 Å². The van der Waals surface area contributed by atoms with Gasteiger partial charge < -0.3 is 5.32 Å². The molecular weight excluding hydrogens is 214 g/mol. The molecule has 2 aliphatic rings. The van der Waals surface area contributed by atoms with Crippen molar-refractivity contribution >= 4 is 0 Å². The van der Waals surface area contributed by atoms with Gasteiger partial charge in [-0.1, -0.05) is 6.07 Å². The molecule has 0 saturated carbocycles. The van der Waals surface area contributed by atoms with Crippen molar-refractivity contribution in [3.05, 3.63) is 30.1 Å². The first-order valence-corrected chi connectivity index (χ1v) is 6.30. The standard InChI is InChI=1S/C12H19N5/c1-2-4-14-10(3-1)11-9-12(16-15-11)17-7-5-13-6-8-17/h1-4,11-13,15-16H,5-9H2. The Hall–Kier alpha value is -1.01. The topological polar surface area (TPSA) is 52.2 Å². The van der Waals surface area contributed by atoms with Crippen LogP contribution in [0, 0.1) is 0 Å². The van der Waals surface area contributed by atoms with Crippen molar-refractivity contribution in [1.29, 1.82) is 0 Å². The quantitative estimate of drug-likeness (QED) is 0.663. The van der Waals surface area contributed by atoms with Crippen molar-refractivity contribution in [1.82, 2.24) is 26.1 Å². The lowest BCUT2D eigenvalue weighted by molar-refractivity contribution is 0.155. The zero-order chi connectivity index (χ0) is 11.5. The summed E-state index contributed by atoms with van der Waals surface area (Å²) in [5.41, 5.74) is 7.85. The molecular formula is C12H19N5. The Bertz CT molecular complexity index is 349. The number of aromatic nitrogens is 1. The number of nitrogens with one attached hydrogen (secondary N) is 3. The van der Waals surface area contributed by atoms with E-state index in [0.29, 0.717) is 12.2 Å². The summed E-state index contributed by atoms with van der Waals surface area (Å²) in [6.07, 6.45) is 3.37. The first-order valence-electron chi connectivity index (χ1n) is 6.30. The summed E-state index contributed by atoms with van der Waals surface area (Å²) in [5.74, 6) is 0. The molecule has 0 aliphatic carbocycles. The Morgan fingerprint density at radius 2 is 2.06 bits per heavy atom. The molecule has 5 heteroatoms. The average molecular weight is 233 g/mol. The molecule has 2 aliphatic heterocycles. The summed E-state index contributed by atoms with van der Waals surface area (Å²) >= 11 is 0. The maximum Gasteiger partial charge on any atom is 0.0749 e. The highest BCUT2D eigenvalue weighted by Gasteiger charge is 2.30. The number of rotatable bonds is 2. The zero-order valence-electron chi connectivity index (χ0n) is 9.89. The molecule has 5 nitrogen and oxygen atoms in total. The van der Waals surface area contributed by atoms with Crippen molar-refractivity contribution in [2.45, 2.75) is 18.6 Å². The van der Waals surface area contributed by atoms with Crippen LogP contribution in [0.4, 0.5) is 0 Å². The van der Waals surface area contributed by atoms with Crippen LogP contribution in [0.2, 0.25) is 0 Å². The van der Waals surface area contributed by atoms with E-state index >= 15 is 0 Å². The highest BCUT2D eigenvalue weighted by molar-refractivity contribution is 5.10. The highest BCUT2D eigenvalue weighted by atomic mass is 15.5. The molecule has 2 unspecified atom stereocenters. The number of hydrogen-bond donors (Lipinski definition) is 3. The molecule has 2 fully saturated rings. The zero-order valence-corrected chi connectivity index (χ0v) is 9.89. The molecule has 3 N–H and O–H groups in total. The predicted molar refractivity (Wildman–Crippen MR) is 66.1 cm³/mol. The minimum absolute atomic E-state index is 0.330. The molecule has 0 spiro atoms. The van der Waals surface area contributed by atoms with Crippen LogP contribution >= 0.6 is 0 Å². The van der Waals surface area contributed by atoms with Gasteiger partial charge in [0, 0.05) is 32.4 Å². The SMILES string of the molecule is c1ccc(C2CC(N3CCNCC3)NN2)nc1. The Balaban J connectivity index is 1.61. The summed E-state index contributed by atoms with van der Waals surface area (Å²) in [6, 6.07) is 6.41. The highest BCUT2D eigenvalue weighted by Crippen LogP contribution is 2.21. The van der Waals surface area contributed by atoms with E-state index in [2.05, 4.69) is 32.1 Å². The molecule has 0 bridgehead atoms. The smallest absolute Gasteiger partial charge is 0.0749 e. The van der Waals surface area contributed by atoms with Gasteiger partial charge in [0.15, 0.2) is 0 Å². The predicted octanol–water partition coefficient (Wildman–Crippen LogP) is -0.148. The number of piperazine rings is 1. The van der Waals surface area contributed by atoms with Crippen LogP contribution in [0.3, 0.4) is 0 Å². The van der Waals surface area contributed by atoms with E-state index in [-0.39, 0.29) is 0 Å². The second-order valence-electron chi connectivity index (χ2n) is 4.63. The van der Waals surface area contributed by atoms with Crippen molar-refractivity contribution in [2.75, 3.05) is 26.2 Å². The van der Waals surface area contributed by atoms with Gasteiger partial charge in [-0.05, 0) is 18.6 Å². The van der Waals surface area contributed by atoms with Crippen molar-refractivity contribution in [3.63, 3.8) is 0 Å². The number of nitrogens with zero attached hydrogens (tertiary/aromatic N) is 2. The van der Waals surface area contributed by atoms with Crippen LogP contribution < -0.4 is 16.2 Å². The third-order valence-electron chi connectivity index (χ3n) is 3.52. The molecule has 1 aromatic heterocycles. The lowest BCUT2D eigenvalue weighted by Crippen LogP contribution is -2.52. The maximum atomic E-state index is 4.41. The number of hydrogen-bond acceptors (Lipinski definition) is 5. The fourth-order valence-electron chi connectivity index (χ4n) is 2.55. The van der Waals surface area contributed by atoms with Crippen LogP contribution in [0.1, 0.15) is 18.2 Å². The maximum absolute atomic E-state index is 4.41. The Kier molecular flexibility index (Phi) is 3.33. The van der Waals surface area contributed by atoms with Gasteiger partial charge >= 0.3 is 0 Å². The van der Waals surface area contributed by atoms with Crippen LogP contribution in [0.5, 0.6) is 0 Å². The Morgan fingerprint density at radius 3 is 2.82 bits per heavy atom. The van der Waals surface area contributed by atoms with Crippen LogP contribution in [-0.2, 0) is 0 Å². The molecule has 2 saturated heterocycles. The Morgan fingerprint density at radius 1 is 1.18 bits per heavy atom. The molecule has 92 valence electrons. The molecule has 0 radical (unpaired) electrons. The van der Waals surface area contributed by atoms with Crippen LogP contribution in [0.25, 0.3) is 0 Å². The summed E-state index contributed by atoms with van der Waals surface area (Å²) < 4.78 is 0. The first kappa shape index (κ1) is 11.1. The molecule has 1 aromatic rings. The molecule has 3 rings (SSSR count). The first-order chi connectivity index (χ1) is 8.43. The Labute approximate surface area is 102 Å². The van der Waals surface area contributed by atoms with E-state index in [1.807, 2.05) is 18.3 Å². The van der Waals surface area contributed by atoms with Gasteiger partial charge in [-0.2, -0.15) is 0 Å². The van der Waals surface area contributed by atoms with Gasteiger partial charge in [0.25, 0.3) is 0 Å². The van der Waals surface area contributed by atoms with Crippen LogP contribution in [0.15, 0.2) is 24.4 Å². The van der Waals surface area contributed by atoms with Gasteiger partial charge in [0.05, 0.1) is 17.9 Å². The normalized spacial score (nSPS) is 30.6. The summed E-state index contributed by atoms with van der Waals surface area (Å²) in [4.78, 5) is 6.90. The molecule has 0 aromatic carbocycles. The molecule has 3 heterocycles. The monoisotopic (exact) mass is 233 g/mol. The molecule has 17 heavy (non-hydrogen) atoms. The third kappa shape index (κ3) is 2.47. The van der Waals surface area contributed by atoms with Gasteiger partial charge in [-0.25, -0.2) is 10.9 Å². The van der Waals surface area contributed by atoms with Gasteiger partial charge in [0.2, 0.25) is 0 Å². The minimum Gasteiger partial charge on any atom is -0.314 e. The second kappa shape index (κ2) is 5.10. The van der Waals surface area contributed by atoms with Crippen molar-refractivity contribution < 1.29 is 0 Å². The second-order valence-corrected chi connectivity index (χ2v) is 4.63. The van der Waals surface area contributed by atoms with Crippen molar-refractivity contribution in [3.8, 4) is 0 Å². The molecule has 2 atom stereocenters. The number of pyridine rings is 1. The summed E-state index contributed by atoms with van der Waals surface area (Å²) in [6.45, 7) is 4.42. The van der Waals surface area contributed by atoms with E-state index in [0.717, 1.165) is 38.3 Å². The lowest BCUT2D eigenvalue weighted by Gasteiger charge is -2.32. The minimum atomic E-state index is 0.330. The fraction of sp³-hybridized carbons (Fsp3) is 0.583. The van der Waals surface area contributed by atoms with Gasteiger partial charge in [-0.3, -0.25) is 9.88 Å². The van der Waals surface area contributed by atoms with E-state index in [4.69, 9.17) is 0 Å². The van der Waals surface area contributed by atoms with Gasteiger partial charge in [0.1, 0.15) is 0 Å².